The van der Waals surface area contributed by atoms with Crippen LogP contribution in [-0.2, 0) is 32.2 Å². The van der Waals surface area contributed by atoms with E-state index in [4.69, 9.17) is 41.4 Å². The molecule has 0 aromatic heterocycles. The molecule has 0 atom stereocenters. The third kappa shape index (κ3) is 14.9. The van der Waals surface area contributed by atoms with E-state index in [2.05, 4.69) is 133 Å². The van der Waals surface area contributed by atoms with Crippen LogP contribution in [0.1, 0.15) is 88.6 Å². The summed E-state index contributed by atoms with van der Waals surface area (Å²) in [6, 6.07) is 40.2. The van der Waals surface area contributed by atoms with Crippen LogP contribution in [0, 0.1) is 0 Å². The summed E-state index contributed by atoms with van der Waals surface area (Å²) in [4.78, 5) is 3.07. The molecule has 0 saturated carbocycles. The van der Waals surface area contributed by atoms with E-state index in [0.29, 0.717) is 29.6 Å². The summed E-state index contributed by atoms with van der Waals surface area (Å²) in [6.45, 7) is 25.2. The molecular weight excluding hydrogens is 890 g/mol. The number of para-hydroxylation sites is 1. The van der Waals surface area contributed by atoms with Gasteiger partial charge in [-0.1, -0.05) is 66.7 Å². The summed E-state index contributed by atoms with van der Waals surface area (Å²) in [5.41, 5.74) is -6.12. The van der Waals surface area contributed by atoms with Gasteiger partial charge in [0.2, 0.25) is 4.90 Å². The van der Waals surface area contributed by atoms with Crippen LogP contribution in [0.15, 0.2) is 130 Å². The standard InChI is InChI=1S/C51H61O6S.CHF3O3S/c1-48(2,3)54-42-27-25-37(32-45(42)56-50(7,8)9)58(38-26-28-43(55-49(4,5)6)46(33-38)57-51(10,11)12)47-24-18-17-23-44(47)53-34-52-30-29-36-31-35-19-13-14-20-39(35)41-22-16-15-21-40(36)41;2-1(3,4)8(5,6)7/h13-28,31-33H,29-30,34H2,1-12H3;(H,5,6,7)/q+1;/p-1. The number of rotatable bonds is 13. The normalized spacial score (nSPS) is 12.7. The Kier molecular flexibility index (Phi) is 16.0. The molecule has 6 rings (SSSR count). The first kappa shape index (κ1) is 51.8. The third-order valence-electron chi connectivity index (χ3n) is 8.99. The van der Waals surface area contributed by atoms with Crippen LogP contribution in [-0.4, -0.2) is 54.3 Å². The van der Waals surface area contributed by atoms with Crippen molar-refractivity contribution in [3.8, 4) is 28.7 Å². The van der Waals surface area contributed by atoms with Gasteiger partial charge >= 0.3 is 5.51 Å². The molecule has 14 heteroatoms. The molecule has 0 unspecified atom stereocenters. The van der Waals surface area contributed by atoms with Crippen molar-refractivity contribution in [3.05, 3.63) is 121 Å². The summed E-state index contributed by atoms with van der Waals surface area (Å²) in [5, 5.41) is 5.01. The lowest BCUT2D eigenvalue weighted by Crippen LogP contribution is -2.27. The van der Waals surface area contributed by atoms with Gasteiger partial charge in [-0.2, -0.15) is 13.2 Å². The lowest BCUT2D eigenvalue weighted by atomic mass is 9.96. The maximum atomic E-state index is 10.7. The van der Waals surface area contributed by atoms with Crippen molar-refractivity contribution in [2.24, 2.45) is 0 Å². The van der Waals surface area contributed by atoms with E-state index in [1.54, 1.807) is 0 Å². The lowest BCUT2D eigenvalue weighted by molar-refractivity contribution is -0.0518. The maximum absolute atomic E-state index is 10.7. The molecular formula is C52H61F3O9S2. The van der Waals surface area contributed by atoms with Crippen molar-refractivity contribution in [1.82, 2.24) is 0 Å². The minimum atomic E-state index is -6.09. The quantitative estimate of drug-likeness (QED) is 0.0279. The zero-order valence-corrected chi connectivity index (χ0v) is 41.3. The zero-order chi connectivity index (χ0) is 48.9. The fraction of sp³-hybridized carbons (Fsp3) is 0.385. The summed E-state index contributed by atoms with van der Waals surface area (Å²) in [7, 11) is -6.77. The van der Waals surface area contributed by atoms with Gasteiger partial charge in [-0.3, -0.25) is 0 Å². The van der Waals surface area contributed by atoms with Gasteiger partial charge in [0, 0.05) is 12.1 Å². The lowest BCUT2D eigenvalue weighted by Gasteiger charge is -2.28. The second-order valence-electron chi connectivity index (χ2n) is 19.5. The molecule has 0 spiro atoms. The summed E-state index contributed by atoms with van der Waals surface area (Å²) < 4.78 is 97.7. The van der Waals surface area contributed by atoms with Gasteiger partial charge in [-0.15, -0.1) is 0 Å². The highest BCUT2D eigenvalue weighted by atomic mass is 32.2. The van der Waals surface area contributed by atoms with E-state index in [0.717, 1.165) is 26.9 Å². The van der Waals surface area contributed by atoms with Crippen LogP contribution in [0.3, 0.4) is 0 Å². The highest BCUT2D eigenvalue weighted by molar-refractivity contribution is 7.97. The summed E-state index contributed by atoms with van der Waals surface area (Å²) >= 11 is 0. The predicted molar refractivity (Wildman–Crippen MR) is 255 cm³/mol. The van der Waals surface area contributed by atoms with E-state index in [9.17, 15) is 13.2 Å². The average molecular weight is 951 g/mol. The minimum absolute atomic E-state index is 0.104. The molecule has 0 radical (unpaired) electrons. The van der Waals surface area contributed by atoms with Gasteiger partial charge in [-0.05, 0) is 153 Å². The van der Waals surface area contributed by atoms with E-state index in [-0.39, 0.29) is 6.79 Å². The molecule has 356 valence electrons. The largest absolute Gasteiger partial charge is 0.741 e. The molecule has 0 bridgehead atoms. The van der Waals surface area contributed by atoms with Crippen LogP contribution < -0.4 is 23.7 Å². The number of fused-ring (bicyclic) bond motifs is 3. The third-order valence-corrected chi connectivity index (χ3v) is 11.8. The summed E-state index contributed by atoms with van der Waals surface area (Å²) in [5.74, 6) is 3.48. The second kappa shape index (κ2) is 20.4. The number of hydrogen-bond acceptors (Lipinski definition) is 9. The molecule has 6 aromatic rings. The molecule has 0 aliphatic heterocycles. The molecule has 0 aliphatic rings. The highest BCUT2D eigenvalue weighted by Gasteiger charge is 2.37. The van der Waals surface area contributed by atoms with Crippen LogP contribution >= 0.6 is 0 Å². The van der Waals surface area contributed by atoms with Crippen molar-refractivity contribution in [2.45, 2.75) is 132 Å². The Morgan fingerprint density at radius 2 is 0.939 bits per heavy atom. The zero-order valence-electron chi connectivity index (χ0n) is 39.7. The second-order valence-corrected chi connectivity index (χ2v) is 22.8. The molecule has 0 heterocycles. The highest BCUT2D eigenvalue weighted by Crippen LogP contribution is 2.44. The van der Waals surface area contributed by atoms with E-state index >= 15 is 0 Å². The number of halogens is 3. The Morgan fingerprint density at radius 3 is 1.42 bits per heavy atom. The Hall–Kier alpha value is -5.15. The molecule has 0 fully saturated rings. The number of alkyl halides is 3. The Labute approximate surface area is 390 Å². The fourth-order valence-electron chi connectivity index (χ4n) is 6.69. The van der Waals surface area contributed by atoms with Crippen molar-refractivity contribution >= 4 is 42.6 Å². The average Bonchev–Trinajstić information content (AvgIpc) is 3.17. The molecule has 0 saturated heterocycles. The molecule has 0 amide bonds. The van der Waals surface area contributed by atoms with Gasteiger partial charge in [-0.25, -0.2) is 8.42 Å². The van der Waals surface area contributed by atoms with Crippen LogP contribution in [0.5, 0.6) is 28.7 Å². The molecule has 66 heavy (non-hydrogen) atoms. The Morgan fingerprint density at radius 1 is 0.515 bits per heavy atom. The fourth-order valence-corrected chi connectivity index (χ4v) is 8.87. The van der Waals surface area contributed by atoms with Gasteiger partial charge in [0.1, 0.15) is 33.3 Å². The predicted octanol–water partition coefficient (Wildman–Crippen LogP) is 13.4. The first-order chi connectivity index (χ1) is 30.5. The Bertz CT molecular complexity index is 2630. The number of ether oxygens (including phenoxy) is 6. The first-order valence-electron chi connectivity index (χ1n) is 21.5. The number of benzene rings is 6. The van der Waals surface area contributed by atoms with E-state index in [1.807, 2.05) is 65.8 Å². The van der Waals surface area contributed by atoms with Gasteiger partial charge in [0.25, 0.3) is 0 Å². The van der Waals surface area contributed by atoms with Crippen molar-refractivity contribution in [3.63, 3.8) is 0 Å². The van der Waals surface area contributed by atoms with Crippen LogP contribution in [0.4, 0.5) is 13.2 Å². The maximum Gasteiger partial charge on any atom is 0.485 e. The van der Waals surface area contributed by atoms with Crippen LogP contribution in [0.2, 0.25) is 0 Å². The SMILES string of the molecule is CC(C)(C)Oc1ccc([S+](c2ccc(OC(C)(C)C)c(OC(C)(C)C)c2)c2ccccc2OCOCCc2cc3ccccc3c3ccccc23)cc1OC(C)(C)C.O=S(=O)([O-])C(F)(F)F. The van der Waals surface area contributed by atoms with Crippen LogP contribution in [0.25, 0.3) is 21.5 Å². The van der Waals surface area contributed by atoms with Gasteiger partial charge in [0.05, 0.1) is 6.61 Å². The Balaban J connectivity index is 0.000000933. The van der Waals surface area contributed by atoms with Crippen molar-refractivity contribution in [2.75, 3.05) is 13.4 Å². The molecule has 0 aliphatic carbocycles. The topological polar surface area (TPSA) is 113 Å². The first-order valence-corrected chi connectivity index (χ1v) is 24.1. The van der Waals surface area contributed by atoms with Gasteiger partial charge in [0.15, 0.2) is 55.4 Å². The molecule has 6 aromatic carbocycles. The summed E-state index contributed by atoms with van der Waals surface area (Å²) in [6.07, 6.45) is 0.764. The smallest absolute Gasteiger partial charge is 0.485 e. The minimum Gasteiger partial charge on any atom is -0.741 e. The monoisotopic (exact) mass is 950 g/mol. The molecule has 9 nitrogen and oxygen atoms in total. The van der Waals surface area contributed by atoms with Gasteiger partial charge < -0.3 is 33.0 Å². The van der Waals surface area contributed by atoms with E-state index < -0.39 is 48.9 Å². The molecule has 0 N–H and O–H groups in total. The van der Waals surface area contributed by atoms with E-state index in [1.165, 1.54) is 27.1 Å². The van der Waals surface area contributed by atoms with Crippen molar-refractivity contribution < 1.29 is 54.6 Å². The van der Waals surface area contributed by atoms with Crippen molar-refractivity contribution in [1.29, 1.82) is 0 Å². The number of hydrogen-bond donors (Lipinski definition) is 0.